The monoisotopic (exact) mass is 402 g/mol. The number of hydrogen-bond donors (Lipinski definition) is 0. The van der Waals surface area contributed by atoms with E-state index in [1.165, 1.54) is 11.3 Å². The second kappa shape index (κ2) is 8.54. The molecule has 0 unspecified atom stereocenters. The Morgan fingerprint density at radius 1 is 1.19 bits per heavy atom. The van der Waals surface area contributed by atoms with Gasteiger partial charge in [0.15, 0.2) is 11.5 Å². The lowest BCUT2D eigenvalue weighted by Crippen LogP contribution is -2.30. The van der Waals surface area contributed by atoms with Crippen LogP contribution in [0, 0.1) is 6.92 Å². The Balaban J connectivity index is 1.83. The lowest BCUT2D eigenvalue weighted by Gasteiger charge is -2.21. The summed E-state index contributed by atoms with van der Waals surface area (Å²) in [6, 6.07) is 7.75. The van der Waals surface area contributed by atoms with Crippen LogP contribution in [0.15, 0.2) is 35.0 Å². The van der Waals surface area contributed by atoms with E-state index in [0.717, 1.165) is 21.8 Å². The molecule has 2 aromatic heterocycles. The fourth-order valence-corrected chi connectivity index (χ4v) is 4.52. The number of ether oxygens (including phenoxy) is 2. The van der Waals surface area contributed by atoms with Crippen molar-refractivity contribution in [2.75, 3.05) is 20.8 Å². The second-order valence-electron chi connectivity index (χ2n) is 5.95. The first-order valence-corrected chi connectivity index (χ1v) is 10.3. The minimum atomic E-state index is 0.00349. The molecule has 0 saturated carbocycles. The van der Waals surface area contributed by atoms with Crippen LogP contribution in [0.5, 0.6) is 11.5 Å². The van der Waals surface area contributed by atoms with Crippen LogP contribution in [0.25, 0.3) is 10.6 Å². The first-order valence-electron chi connectivity index (χ1n) is 8.57. The summed E-state index contributed by atoms with van der Waals surface area (Å²) in [7, 11) is 3.22. The summed E-state index contributed by atoms with van der Waals surface area (Å²) < 4.78 is 10.6. The smallest absolute Gasteiger partial charge is 0.266 e. The van der Waals surface area contributed by atoms with Gasteiger partial charge in [-0.1, -0.05) is 6.07 Å². The normalized spacial score (nSPS) is 10.7. The highest BCUT2D eigenvalue weighted by Gasteiger charge is 2.22. The number of aromatic nitrogens is 1. The zero-order valence-electron chi connectivity index (χ0n) is 15.8. The van der Waals surface area contributed by atoms with Crippen molar-refractivity contribution in [2.45, 2.75) is 20.4 Å². The number of nitrogens with zero attached hydrogens (tertiary/aromatic N) is 2. The molecule has 27 heavy (non-hydrogen) atoms. The fourth-order valence-electron chi connectivity index (χ4n) is 2.77. The maximum Gasteiger partial charge on any atom is 0.266 e. The Morgan fingerprint density at radius 2 is 1.96 bits per heavy atom. The van der Waals surface area contributed by atoms with Gasteiger partial charge in [-0.2, -0.15) is 11.3 Å². The van der Waals surface area contributed by atoms with E-state index in [9.17, 15) is 4.79 Å². The summed E-state index contributed by atoms with van der Waals surface area (Å²) in [6.07, 6.45) is 0. The van der Waals surface area contributed by atoms with Gasteiger partial charge < -0.3 is 14.4 Å². The highest BCUT2D eigenvalue weighted by Crippen LogP contribution is 2.31. The number of hydrogen-bond acceptors (Lipinski definition) is 6. The molecular weight excluding hydrogens is 380 g/mol. The van der Waals surface area contributed by atoms with E-state index in [4.69, 9.17) is 9.47 Å². The third-order valence-electron chi connectivity index (χ3n) is 4.25. The van der Waals surface area contributed by atoms with Crippen molar-refractivity contribution in [3.8, 4) is 22.1 Å². The molecule has 0 fully saturated rings. The van der Waals surface area contributed by atoms with Gasteiger partial charge in [0, 0.05) is 24.0 Å². The van der Waals surface area contributed by atoms with E-state index >= 15 is 0 Å². The van der Waals surface area contributed by atoms with Crippen molar-refractivity contribution in [1.82, 2.24) is 9.88 Å². The molecule has 0 aliphatic carbocycles. The van der Waals surface area contributed by atoms with E-state index in [0.29, 0.717) is 29.5 Å². The molecular formula is C20H22N2O3S2. The van der Waals surface area contributed by atoms with Crippen LogP contribution in [0.4, 0.5) is 0 Å². The number of thiophene rings is 1. The van der Waals surface area contributed by atoms with Gasteiger partial charge in [-0.25, -0.2) is 4.98 Å². The first kappa shape index (κ1) is 19.4. The van der Waals surface area contributed by atoms with Gasteiger partial charge in [0.2, 0.25) is 0 Å². The molecule has 0 bridgehead atoms. The Bertz CT molecular complexity index is 919. The molecule has 3 rings (SSSR count). The molecule has 0 radical (unpaired) electrons. The average Bonchev–Trinajstić information content (AvgIpc) is 3.35. The van der Waals surface area contributed by atoms with Crippen molar-refractivity contribution in [3.05, 3.63) is 51.2 Å². The Morgan fingerprint density at radius 3 is 2.59 bits per heavy atom. The maximum atomic E-state index is 13.1. The molecule has 0 aliphatic heterocycles. The van der Waals surface area contributed by atoms with Gasteiger partial charge in [0.25, 0.3) is 5.91 Å². The number of thiazole rings is 1. The standard InChI is InChI=1S/C20H22N2O3S2/c1-5-22(11-14-6-7-16(24-3)17(10-14)25-4)20(23)18-13(2)21-19(27-18)15-8-9-26-12-15/h6-10,12H,5,11H2,1-4H3. The molecule has 7 heteroatoms. The molecule has 1 aromatic carbocycles. The number of amides is 1. The Labute approximate surface area is 167 Å². The third-order valence-corrected chi connectivity index (χ3v) is 6.13. The fraction of sp³-hybridized carbons (Fsp3) is 0.300. The van der Waals surface area contributed by atoms with Gasteiger partial charge in [0.1, 0.15) is 9.88 Å². The van der Waals surface area contributed by atoms with Gasteiger partial charge >= 0.3 is 0 Å². The van der Waals surface area contributed by atoms with Crippen molar-refractivity contribution >= 4 is 28.6 Å². The van der Waals surface area contributed by atoms with E-state index in [2.05, 4.69) is 4.98 Å². The maximum absolute atomic E-state index is 13.1. The predicted octanol–water partition coefficient (Wildman–Crippen LogP) is 4.86. The minimum Gasteiger partial charge on any atom is -0.493 e. The summed E-state index contributed by atoms with van der Waals surface area (Å²) in [5.74, 6) is 1.34. The van der Waals surface area contributed by atoms with Crippen molar-refractivity contribution in [2.24, 2.45) is 0 Å². The second-order valence-corrected chi connectivity index (χ2v) is 7.73. The van der Waals surface area contributed by atoms with Gasteiger partial charge in [-0.05, 0) is 43.0 Å². The highest BCUT2D eigenvalue weighted by molar-refractivity contribution is 7.17. The summed E-state index contributed by atoms with van der Waals surface area (Å²) >= 11 is 3.08. The molecule has 0 aliphatic rings. The molecule has 2 heterocycles. The van der Waals surface area contributed by atoms with Crippen LogP contribution < -0.4 is 9.47 Å². The third kappa shape index (κ3) is 4.14. The topological polar surface area (TPSA) is 51.7 Å². The van der Waals surface area contributed by atoms with Crippen LogP contribution in [0.3, 0.4) is 0 Å². The quantitative estimate of drug-likeness (QED) is 0.566. The predicted molar refractivity (Wildman–Crippen MR) is 110 cm³/mol. The van der Waals surface area contributed by atoms with E-state index in [1.54, 1.807) is 25.6 Å². The average molecular weight is 403 g/mol. The lowest BCUT2D eigenvalue weighted by atomic mass is 10.1. The van der Waals surface area contributed by atoms with Crippen LogP contribution in [0.1, 0.15) is 27.9 Å². The Hall–Kier alpha value is -2.38. The largest absolute Gasteiger partial charge is 0.493 e. The first-order chi connectivity index (χ1) is 13.1. The highest BCUT2D eigenvalue weighted by atomic mass is 32.1. The molecule has 0 N–H and O–H groups in total. The van der Waals surface area contributed by atoms with E-state index in [-0.39, 0.29) is 5.91 Å². The minimum absolute atomic E-state index is 0.00349. The molecule has 142 valence electrons. The lowest BCUT2D eigenvalue weighted by molar-refractivity contribution is 0.0756. The van der Waals surface area contributed by atoms with Crippen molar-refractivity contribution in [3.63, 3.8) is 0 Å². The summed E-state index contributed by atoms with van der Waals surface area (Å²) in [5.41, 5.74) is 2.83. The molecule has 1 amide bonds. The van der Waals surface area contributed by atoms with Gasteiger partial charge in [-0.15, -0.1) is 11.3 Å². The number of rotatable bonds is 7. The van der Waals surface area contributed by atoms with Crippen molar-refractivity contribution in [1.29, 1.82) is 0 Å². The molecule has 0 spiro atoms. The molecule has 0 saturated heterocycles. The van der Waals surface area contributed by atoms with Gasteiger partial charge in [-0.3, -0.25) is 4.79 Å². The number of carbonyl (C=O) groups excluding carboxylic acids is 1. The molecule has 5 nitrogen and oxygen atoms in total. The number of methoxy groups -OCH3 is 2. The molecule has 0 atom stereocenters. The zero-order valence-corrected chi connectivity index (χ0v) is 17.4. The summed E-state index contributed by atoms with van der Waals surface area (Å²) in [4.78, 5) is 20.2. The number of benzene rings is 1. The zero-order chi connectivity index (χ0) is 19.4. The Kier molecular flexibility index (Phi) is 6.13. The van der Waals surface area contributed by atoms with Crippen LogP contribution in [-0.4, -0.2) is 36.6 Å². The van der Waals surface area contributed by atoms with Crippen LogP contribution in [-0.2, 0) is 6.54 Å². The number of carbonyl (C=O) groups is 1. The SMILES string of the molecule is CCN(Cc1ccc(OC)c(OC)c1)C(=O)c1sc(-c2ccsc2)nc1C. The van der Waals surface area contributed by atoms with Crippen molar-refractivity contribution < 1.29 is 14.3 Å². The van der Waals surface area contributed by atoms with E-state index < -0.39 is 0 Å². The van der Waals surface area contributed by atoms with Crippen LogP contribution in [0.2, 0.25) is 0 Å². The number of aryl methyl sites for hydroxylation is 1. The molecule has 3 aromatic rings. The van der Waals surface area contributed by atoms with E-state index in [1.807, 2.05) is 53.8 Å². The summed E-state index contributed by atoms with van der Waals surface area (Å²) in [5, 5.41) is 4.95. The summed E-state index contributed by atoms with van der Waals surface area (Å²) in [6.45, 7) is 4.98. The van der Waals surface area contributed by atoms with Gasteiger partial charge in [0.05, 0.1) is 19.9 Å². The van der Waals surface area contributed by atoms with Crippen LogP contribution >= 0.6 is 22.7 Å².